The summed E-state index contributed by atoms with van der Waals surface area (Å²) < 4.78 is 18.4. The van der Waals surface area contributed by atoms with E-state index in [1.54, 1.807) is 20.3 Å². The van der Waals surface area contributed by atoms with E-state index in [1.165, 1.54) is 0 Å². The Labute approximate surface area is 170 Å². The van der Waals surface area contributed by atoms with Gasteiger partial charge in [0, 0.05) is 37.3 Å². The molecule has 2 aliphatic rings. The van der Waals surface area contributed by atoms with Crippen molar-refractivity contribution in [3.05, 3.63) is 35.4 Å². The van der Waals surface area contributed by atoms with Crippen LogP contribution in [-0.4, -0.2) is 59.5 Å². The third-order valence-corrected chi connectivity index (χ3v) is 5.83. The van der Waals surface area contributed by atoms with Gasteiger partial charge in [0.05, 0.1) is 33.2 Å². The number of aromatic nitrogens is 3. The molecule has 1 fully saturated rings. The van der Waals surface area contributed by atoms with E-state index in [4.69, 9.17) is 14.2 Å². The zero-order valence-corrected chi connectivity index (χ0v) is 17.3. The highest BCUT2D eigenvalue weighted by Crippen LogP contribution is 2.31. The molecule has 8 nitrogen and oxygen atoms in total. The summed E-state index contributed by atoms with van der Waals surface area (Å²) in [4.78, 5) is 14.9. The Morgan fingerprint density at radius 3 is 2.72 bits per heavy atom. The van der Waals surface area contributed by atoms with Crippen LogP contribution in [0.2, 0.25) is 0 Å². The van der Waals surface area contributed by atoms with E-state index in [9.17, 15) is 4.79 Å². The van der Waals surface area contributed by atoms with Gasteiger partial charge >= 0.3 is 0 Å². The molecule has 4 rings (SSSR count). The van der Waals surface area contributed by atoms with Gasteiger partial charge in [-0.05, 0) is 25.8 Å². The minimum Gasteiger partial charge on any atom is -0.497 e. The number of carbonyl (C=O) groups is 1. The monoisotopic (exact) mass is 400 g/mol. The first-order valence-electron chi connectivity index (χ1n) is 10.1. The first-order chi connectivity index (χ1) is 14.1. The molecule has 8 heteroatoms. The van der Waals surface area contributed by atoms with Crippen LogP contribution >= 0.6 is 0 Å². The molecule has 2 aliphatic heterocycles. The number of rotatable bonds is 5. The summed E-state index contributed by atoms with van der Waals surface area (Å²) in [7, 11) is 3.21. The second kappa shape index (κ2) is 8.41. The van der Waals surface area contributed by atoms with Gasteiger partial charge in [-0.25, -0.2) is 0 Å². The second-order valence-electron chi connectivity index (χ2n) is 7.71. The quantitative estimate of drug-likeness (QED) is 0.767. The van der Waals surface area contributed by atoms with Crippen LogP contribution in [-0.2, 0) is 22.5 Å². The van der Waals surface area contributed by atoms with Gasteiger partial charge in [-0.3, -0.25) is 4.79 Å². The molecule has 2 aromatic rings. The highest BCUT2D eigenvalue weighted by atomic mass is 16.5. The van der Waals surface area contributed by atoms with Crippen molar-refractivity contribution in [2.45, 2.75) is 44.7 Å². The first kappa shape index (κ1) is 19.7. The normalized spacial score (nSPS) is 19.7. The van der Waals surface area contributed by atoms with E-state index in [2.05, 4.69) is 21.7 Å². The molecular formula is C21H28N4O4. The maximum Gasteiger partial charge on any atom is 0.227 e. The molecule has 1 aromatic carbocycles. The zero-order chi connectivity index (χ0) is 20.4. The molecule has 1 saturated heterocycles. The molecule has 0 saturated carbocycles. The predicted octanol–water partition coefficient (Wildman–Crippen LogP) is 2.34. The molecule has 1 atom stereocenters. The van der Waals surface area contributed by atoms with Crippen molar-refractivity contribution in [3.63, 3.8) is 0 Å². The fourth-order valence-corrected chi connectivity index (χ4v) is 4.26. The van der Waals surface area contributed by atoms with Crippen LogP contribution in [0, 0.1) is 0 Å². The Kier molecular flexibility index (Phi) is 5.71. The second-order valence-corrected chi connectivity index (χ2v) is 7.71. The molecule has 0 spiro atoms. The van der Waals surface area contributed by atoms with E-state index in [-0.39, 0.29) is 18.4 Å². The summed E-state index contributed by atoms with van der Waals surface area (Å²) in [6.45, 7) is 4.81. The van der Waals surface area contributed by atoms with E-state index < -0.39 is 0 Å². The topological polar surface area (TPSA) is 78.7 Å². The van der Waals surface area contributed by atoms with Crippen LogP contribution < -0.4 is 9.47 Å². The Morgan fingerprint density at radius 1 is 1.21 bits per heavy atom. The lowest BCUT2D eigenvalue weighted by Crippen LogP contribution is -2.41. The Bertz CT molecular complexity index is 876. The number of hydrogen-bond donors (Lipinski definition) is 0. The van der Waals surface area contributed by atoms with Crippen molar-refractivity contribution < 1.29 is 19.0 Å². The SMILES string of the molecule is COc1ccc(CC(=O)N2Cc3nnc(C4CCOCC4)n3[C@@H](C)C2)c(OC)c1. The molecule has 1 aromatic heterocycles. The molecule has 0 radical (unpaired) electrons. The summed E-state index contributed by atoms with van der Waals surface area (Å²) in [5.41, 5.74) is 0.848. The van der Waals surface area contributed by atoms with Gasteiger partial charge in [0.25, 0.3) is 0 Å². The van der Waals surface area contributed by atoms with Crippen LogP contribution in [0.5, 0.6) is 11.5 Å². The van der Waals surface area contributed by atoms with Gasteiger partial charge in [-0.15, -0.1) is 10.2 Å². The van der Waals surface area contributed by atoms with Crippen molar-refractivity contribution in [1.82, 2.24) is 19.7 Å². The number of methoxy groups -OCH3 is 2. The van der Waals surface area contributed by atoms with Crippen molar-refractivity contribution in [3.8, 4) is 11.5 Å². The van der Waals surface area contributed by atoms with Crippen LogP contribution in [0.4, 0.5) is 0 Å². The smallest absolute Gasteiger partial charge is 0.227 e. The average Bonchev–Trinajstić information content (AvgIpc) is 3.19. The van der Waals surface area contributed by atoms with E-state index in [1.807, 2.05) is 17.0 Å². The molecule has 29 heavy (non-hydrogen) atoms. The summed E-state index contributed by atoms with van der Waals surface area (Å²) in [5.74, 6) is 3.71. The lowest BCUT2D eigenvalue weighted by atomic mass is 9.98. The van der Waals surface area contributed by atoms with Crippen LogP contribution in [0.1, 0.15) is 48.9 Å². The molecule has 0 unspecified atom stereocenters. The minimum absolute atomic E-state index is 0.0576. The third kappa shape index (κ3) is 3.94. The molecule has 0 aliphatic carbocycles. The Balaban J connectivity index is 1.49. The fourth-order valence-electron chi connectivity index (χ4n) is 4.26. The molecular weight excluding hydrogens is 372 g/mol. The lowest BCUT2D eigenvalue weighted by molar-refractivity contribution is -0.132. The summed E-state index contributed by atoms with van der Waals surface area (Å²) >= 11 is 0. The standard InChI is InChI=1S/C21H28N4O4/c1-14-12-24(20(26)10-16-4-5-17(27-2)11-18(16)28-3)13-19-22-23-21(25(14)19)15-6-8-29-9-7-15/h4-5,11,14-15H,6-10,12-13H2,1-3H3/t14-/m0/s1. The van der Waals surface area contributed by atoms with Crippen molar-refractivity contribution in [1.29, 1.82) is 0 Å². The van der Waals surface area contributed by atoms with Gasteiger partial charge in [0.2, 0.25) is 5.91 Å². The Hall–Kier alpha value is -2.61. The van der Waals surface area contributed by atoms with E-state index >= 15 is 0 Å². The van der Waals surface area contributed by atoms with Crippen molar-refractivity contribution >= 4 is 5.91 Å². The van der Waals surface area contributed by atoms with Gasteiger partial charge < -0.3 is 23.7 Å². The van der Waals surface area contributed by atoms with Crippen LogP contribution in [0.15, 0.2) is 18.2 Å². The third-order valence-electron chi connectivity index (χ3n) is 5.83. The van der Waals surface area contributed by atoms with E-state index in [0.717, 1.165) is 43.3 Å². The van der Waals surface area contributed by atoms with Crippen LogP contribution in [0.25, 0.3) is 0 Å². The summed E-state index contributed by atoms with van der Waals surface area (Å²) in [6.07, 6.45) is 2.23. The number of fused-ring (bicyclic) bond motifs is 1. The number of hydrogen-bond acceptors (Lipinski definition) is 6. The zero-order valence-electron chi connectivity index (χ0n) is 17.3. The number of ether oxygens (including phenoxy) is 3. The lowest BCUT2D eigenvalue weighted by Gasteiger charge is -2.34. The van der Waals surface area contributed by atoms with Crippen molar-refractivity contribution in [2.75, 3.05) is 34.0 Å². The largest absolute Gasteiger partial charge is 0.497 e. The molecule has 0 bridgehead atoms. The van der Waals surface area contributed by atoms with Crippen LogP contribution in [0.3, 0.4) is 0 Å². The average molecular weight is 400 g/mol. The summed E-state index contributed by atoms with van der Waals surface area (Å²) in [6, 6.07) is 5.68. The van der Waals surface area contributed by atoms with Gasteiger partial charge in [0.1, 0.15) is 17.3 Å². The predicted molar refractivity (Wildman–Crippen MR) is 106 cm³/mol. The molecule has 156 valence electrons. The molecule has 0 N–H and O–H groups in total. The van der Waals surface area contributed by atoms with Gasteiger partial charge in [-0.1, -0.05) is 6.07 Å². The fraction of sp³-hybridized carbons (Fsp3) is 0.571. The highest BCUT2D eigenvalue weighted by Gasteiger charge is 2.32. The van der Waals surface area contributed by atoms with E-state index in [0.29, 0.717) is 30.5 Å². The maximum absolute atomic E-state index is 13.0. The number of amides is 1. The highest BCUT2D eigenvalue weighted by molar-refractivity contribution is 5.79. The molecule has 1 amide bonds. The summed E-state index contributed by atoms with van der Waals surface area (Å²) in [5, 5.41) is 8.90. The minimum atomic E-state index is 0.0576. The van der Waals surface area contributed by atoms with Gasteiger partial charge in [0.15, 0.2) is 5.82 Å². The number of nitrogens with zero attached hydrogens (tertiary/aromatic N) is 4. The number of benzene rings is 1. The van der Waals surface area contributed by atoms with Gasteiger partial charge in [-0.2, -0.15) is 0 Å². The first-order valence-corrected chi connectivity index (χ1v) is 10.1. The number of carbonyl (C=O) groups excluding carboxylic acids is 1. The maximum atomic E-state index is 13.0. The van der Waals surface area contributed by atoms with Crippen molar-refractivity contribution in [2.24, 2.45) is 0 Å². The molecule has 3 heterocycles. The Morgan fingerprint density at radius 2 is 2.00 bits per heavy atom.